The molecule has 1 unspecified atom stereocenters. The van der Waals surface area contributed by atoms with Crippen LogP contribution in [0.2, 0.25) is 0 Å². The summed E-state index contributed by atoms with van der Waals surface area (Å²) in [6, 6.07) is 7.58. The van der Waals surface area contributed by atoms with Gasteiger partial charge in [0, 0.05) is 31.1 Å². The van der Waals surface area contributed by atoms with Crippen molar-refractivity contribution in [2.45, 2.75) is 31.8 Å². The number of rotatable bonds is 1. The van der Waals surface area contributed by atoms with Crippen LogP contribution >= 0.6 is 0 Å². The molecule has 2 saturated heterocycles. The lowest BCUT2D eigenvalue weighted by Gasteiger charge is -2.25. The Morgan fingerprint density at radius 2 is 2.19 bits per heavy atom. The van der Waals surface area contributed by atoms with Crippen molar-refractivity contribution in [1.82, 2.24) is 15.2 Å². The van der Waals surface area contributed by atoms with Gasteiger partial charge in [-0.05, 0) is 43.5 Å². The van der Waals surface area contributed by atoms with Crippen molar-refractivity contribution >= 4 is 28.7 Å². The average Bonchev–Trinajstić information content (AvgIpc) is 2.88. The summed E-state index contributed by atoms with van der Waals surface area (Å²) in [5.74, 6) is 0. The third-order valence-corrected chi connectivity index (χ3v) is 5.26. The standard InChI is InChI=1S/C19H22N4O3/c1-13-5-6-15(14-4-2-9-20-16(13)14)22-17(24)23-10-3-7-19(8-11-23)12-21-18(25)26-19/h2,4-6,9H,3,7-8,10-12H2,1H3,(H,21,25)(H,22,24). The fraction of sp³-hybridized carbons (Fsp3) is 0.421. The number of nitrogens with one attached hydrogen (secondary N) is 2. The Balaban J connectivity index is 1.49. The minimum atomic E-state index is -0.466. The van der Waals surface area contributed by atoms with Gasteiger partial charge in [-0.15, -0.1) is 0 Å². The molecule has 0 bridgehead atoms. The van der Waals surface area contributed by atoms with Crippen molar-refractivity contribution in [3.63, 3.8) is 0 Å². The van der Waals surface area contributed by atoms with E-state index in [1.165, 1.54) is 0 Å². The first kappa shape index (κ1) is 16.6. The van der Waals surface area contributed by atoms with Gasteiger partial charge in [-0.3, -0.25) is 4.98 Å². The summed E-state index contributed by atoms with van der Waals surface area (Å²) in [5.41, 5.74) is 2.26. The van der Waals surface area contributed by atoms with Crippen molar-refractivity contribution in [3.8, 4) is 0 Å². The molecule has 2 aromatic rings. The Labute approximate surface area is 151 Å². The Morgan fingerprint density at radius 1 is 1.31 bits per heavy atom. The van der Waals surface area contributed by atoms with Crippen molar-refractivity contribution in [3.05, 3.63) is 36.0 Å². The van der Waals surface area contributed by atoms with Crippen molar-refractivity contribution in [1.29, 1.82) is 0 Å². The molecule has 7 heteroatoms. The summed E-state index contributed by atoms with van der Waals surface area (Å²) in [6.45, 7) is 3.73. The number of fused-ring (bicyclic) bond motifs is 1. The van der Waals surface area contributed by atoms with Gasteiger partial charge in [-0.1, -0.05) is 6.07 Å². The number of amides is 3. The number of hydrogen-bond donors (Lipinski definition) is 2. The predicted molar refractivity (Wildman–Crippen MR) is 98.1 cm³/mol. The highest BCUT2D eigenvalue weighted by Crippen LogP contribution is 2.30. The van der Waals surface area contributed by atoms with E-state index in [9.17, 15) is 9.59 Å². The van der Waals surface area contributed by atoms with Crippen LogP contribution in [0.4, 0.5) is 15.3 Å². The fourth-order valence-corrected chi connectivity index (χ4v) is 3.77. The normalized spacial score (nSPS) is 22.8. The molecule has 2 fully saturated rings. The van der Waals surface area contributed by atoms with Crippen LogP contribution in [-0.2, 0) is 4.74 Å². The molecule has 4 rings (SSSR count). The number of carbonyl (C=O) groups is 2. The number of carbonyl (C=O) groups excluding carboxylic acids is 2. The van der Waals surface area contributed by atoms with Gasteiger partial charge in [0.05, 0.1) is 17.7 Å². The topological polar surface area (TPSA) is 83.6 Å². The molecule has 3 amide bonds. The number of anilines is 1. The summed E-state index contributed by atoms with van der Waals surface area (Å²) in [6.07, 6.45) is 3.62. The quantitative estimate of drug-likeness (QED) is 0.824. The van der Waals surface area contributed by atoms with Gasteiger partial charge in [-0.25, -0.2) is 9.59 Å². The number of alkyl carbamates (subject to hydrolysis) is 1. The molecule has 26 heavy (non-hydrogen) atoms. The molecule has 0 saturated carbocycles. The molecule has 2 N–H and O–H groups in total. The van der Waals surface area contributed by atoms with Crippen LogP contribution in [0.5, 0.6) is 0 Å². The van der Waals surface area contributed by atoms with E-state index in [-0.39, 0.29) is 12.1 Å². The van der Waals surface area contributed by atoms with Gasteiger partial charge in [0.2, 0.25) is 0 Å². The van der Waals surface area contributed by atoms with Crippen LogP contribution in [0.15, 0.2) is 30.5 Å². The Morgan fingerprint density at radius 3 is 3.00 bits per heavy atom. The second-order valence-electron chi connectivity index (χ2n) is 7.03. The molecule has 1 aromatic heterocycles. The lowest BCUT2D eigenvalue weighted by atomic mass is 9.95. The predicted octanol–water partition coefficient (Wildman–Crippen LogP) is 3.04. The number of likely N-dealkylation sites (tertiary alicyclic amines) is 1. The first-order valence-electron chi connectivity index (χ1n) is 8.93. The maximum atomic E-state index is 12.8. The van der Waals surface area contributed by atoms with Crippen LogP contribution in [0, 0.1) is 6.92 Å². The first-order chi connectivity index (χ1) is 12.6. The molecular weight excluding hydrogens is 332 g/mol. The SMILES string of the molecule is Cc1ccc(NC(=O)N2CCCC3(CC2)CNC(=O)O3)c2cccnc12. The minimum Gasteiger partial charge on any atom is -0.441 e. The third kappa shape index (κ3) is 3.05. The molecule has 2 aliphatic heterocycles. The molecule has 0 radical (unpaired) electrons. The number of hydrogen-bond acceptors (Lipinski definition) is 4. The maximum absolute atomic E-state index is 12.8. The number of aryl methyl sites for hydroxylation is 1. The van der Waals surface area contributed by atoms with E-state index in [1.807, 2.05) is 31.2 Å². The second kappa shape index (κ2) is 6.48. The fourth-order valence-electron chi connectivity index (χ4n) is 3.77. The number of ether oxygens (including phenoxy) is 1. The molecule has 0 aliphatic carbocycles. The highest BCUT2D eigenvalue weighted by Gasteiger charge is 2.41. The summed E-state index contributed by atoms with van der Waals surface area (Å²) in [7, 11) is 0. The molecule has 1 spiro atoms. The number of benzene rings is 1. The van der Waals surface area contributed by atoms with E-state index in [0.717, 1.165) is 35.0 Å². The molecule has 2 aliphatic rings. The van der Waals surface area contributed by atoms with Crippen LogP contribution < -0.4 is 10.6 Å². The smallest absolute Gasteiger partial charge is 0.407 e. The van der Waals surface area contributed by atoms with E-state index in [1.54, 1.807) is 11.1 Å². The molecule has 1 atom stereocenters. The van der Waals surface area contributed by atoms with Crippen LogP contribution in [0.3, 0.4) is 0 Å². The van der Waals surface area contributed by atoms with Gasteiger partial charge in [0.25, 0.3) is 0 Å². The largest absolute Gasteiger partial charge is 0.441 e. The van der Waals surface area contributed by atoms with Crippen molar-refractivity contribution in [2.75, 3.05) is 25.0 Å². The van der Waals surface area contributed by atoms with Crippen LogP contribution in [-0.4, -0.2) is 47.2 Å². The van der Waals surface area contributed by atoms with Crippen molar-refractivity contribution in [2.24, 2.45) is 0 Å². The molecule has 3 heterocycles. The van der Waals surface area contributed by atoms with E-state index in [2.05, 4.69) is 15.6 Å². The Hall–Kier alpha value is -2.83. The minimum absolute atomic E-state index is 0.131. The summed E-state index contributed by atoms with van der Waals surface area (Å²) >= 11 is 0. The highest BCUT2D eigenvalue weighted by atomic mass is 16.6. The van der Waals surface area contributed by atoms with E-state index in [0.29, 0.717) is 26.1 Å². The zero-order valence-electron chi connectivity index (χ0n) is 14.7. The average molecular weight is 354 g/mol. The lowest BCUT2D eigenvalue weighted by molar-refractivity contribution is 0.0454. The van der Waals surface area contributed by atoms with Gasteiger partial charge >= 0.3 is 12.1 Å². The lowest BCUT2D eigenvalue weighted by Crippen LogP contribution is -2.38. The van der Waals surface area contributed by atoms with Crippen LogP contribution in [0.25, 0.3) is 10.9 Å². The second-order valence-corrected chi connectivity index (χ2v) is 7.03. The van der Waals surface area contributed by atoms with E-state index in [4.69, 9.17) is 4.74 Å². The van der Waals surface area contributed by atoms with Gasteiger partial charge in [-0.2, -0.15) is 0 Å². The molecule has 136 valence electrons. The maximum Gasteiger partial charge on any atom is 0.407 e. The number of nitrogens with zero attached hydrogens (tertiary/aromatic N) is 2. The van der Waals surface area contributed by atoms with Gasteiger partial charge in [0.1, 0.15) is 5.60 Å². The van der Waals surface area contributed by atoms with Gasteiger partial charge < -0.3 is 20.3 Å². The number of aromatic nitrogens is 1. The highest BCUT2D eigenvalue weighted by molar-refractivity contribution is 6.01. The molecular formula is C19H22N4O3. The Bertz CT molecular complexity index is 869. The third-order valence-electron chi connectivity index (χ3n) is 5.26. The number of urea groups is 1. The van der Waals surface area contributed by atoms with Crippen molar-refractivity contribution < 1.29 is 14.3 Å². The Kier molecular flexibility index (Phi) is 4.14. The van der Waals surface area contributed by atoms with Crippen LogP contribution in [0.1, 0.15) is 24.8 Å². The summed E-state index contributed by atoms with van der Waals surface area (Å²) in [4.78, 5) is 30.4. The van der Waals surface area contributed by atoms with E-state index < -0.39 is 5.60 Å². The van der Waals surface area contributed by atoms with E-state index >= 15 is 0 Å². The molecule has 1 aromatic carbocycles. The zero-order chi connectivity index (χ0) is 18.1. The monoisotopic (exact) mass is 354 g/mol. The molecule has 7 nitrogen and oxygen atoms in total. The first-order valence-corrected chi connectivity index (χ1v) is 8.93. The zero-order valence-corrected chi connectivity index (χ0v) is 14.7. The number of pyridine rings is 1. The van der Waals surface area contributed by atoms with Gasteiger partial charge in [0.15, 0.2) is 0 Å². The summed E-state index contributed by atoms with van der Waals surface area (Å²) < 4.78 is 5.47. The summed E-state index contributed by atoms with van der Waals surface area (Å²) in [5, 5.41) is 6.68.